The first-order valence-electron chi connectivity index (χ1n) is 3.17. The predicted molar refractivity (Wildman–Crippen MR) is 37.9 cm³/mol. The van der Waals surface area contributed by atoms with Crippen molar-refractivity contribution >= 4 is 12.3 Å². The van der Waals surface area contributed by atoms with Gasteiger partial charge in [-0.3, -0.25) is 20.4 Å². The maximum absolute atomic E-state index is 11.0. The molecule has 0 saturated heterocycles. The van der Waals surface area contributed by atoms with Gasteiger partial charge in [0, 0.05) is 6.07 Å². The Balaban J connectivity index is 2.59. The molecule has 0 bridgehead atoms. The lowest BCUT2D eigenvalue weighted by Crippen LogP contribution is -2.35. The molecule has 0 aliphatic heterocycles. The molecular weight excluding hydrogens is 162 g/mol. The van der Waals surface area contributed by atoms with Crippen molar-refractivity contribution in [1.82, 2.24) is 16.0 Å². The van der Waals surface area contributed by atoms with Crippen molar-refractivity contribution in [2.24, 2.45) is 0 Å². The van der Waals surface area contributed by atoms with Crippen LogP contribution in [0.3, 0.4) is 0 Å². The van der Waals surface area contributed by atoms with Gasteiger partial charge in [-0.2, -0.15) is 0 Å². The third-order valence-corrected chi connectivity index (χ3v) is 1.10. The molecule has 12 heavy (non-hydrogen) atoms. The minimum absolute atomic E-state index is 0.0573. The van der Waals surface area contributed by atoms with Gasteiger partial charge in [-0.05, 0) is 6.92 Å². The number of carbonyl (C=O) groups is 2. The van der Waals surface area contributed by atoms with Crippen LogP contribution in [0.25, 0.3) is 0 Å². The van der Waals surface area contributed by atoms with Crippen LogP contribution in [0.2, 0.25) is 0 Å². The van der Waals surface area contributed by atoms with E-state index in [0.717, 1.165) is 0 Å². The second-order valence-electron chi connectivity index (χ2n) is 2.05. The molecule has 6 nitrogen and oxygen atoms in total. The first-order chi connectivity index (χ1) is 5.74. The average Bonchev–Trinajstić information content (AvgIpc) is 2.47. The van der Waals surface area contributed by atoms with Crippen LogP contribution in [0.5, 0.6) is 0 Å². The van der Waals surface area contributed by atoms with Gasteiger partial charge in [-0.25, -0.2) is 0 Å². The Kier molecular flexibility index (Phi) is 2.42. The largest absolute Gasteiger partial charge is 0.351 e. The molecule has 2 N–H and O–H groups in total. The van der Waals surface area contributed by atoms with Gasteiger partial charge in [-0.15, -0.1) is 0 Å². The summed E-state index contributed by atoms with van der Waals surface area (Å²) in [7, 11) is 0. The summed E-state index contributed by atoms with van der Waals surface area (Å²) >= 11 is 0. The van der Waals surface area contributed by atoms with Crippen molar-refractivity contribution in [2.45, 2.75) is 6.92 Å². The SMILES string of the molecule is Cc1cc(C(=O)NNC=O)on1. The Morgan fingerprint density at radius 3 is 3.00 bits per heavy atom. The fraction of sp³-hybridized carbons (Fsp3) is 0.167. The normalized spacial score (nSPS) is 9.08. The van der Waals surface area contributed by atoms with Crippen LogP contribution in [0, 0.1) is 6.92 Å². The number of carbonyl (C=O) groups excluding carboxylic acids is 2. The van der Waals surface area contributed by atoms with E-state index < -0.39 is 5.91 Å². The summed E-state index contributed by atoms with van der Waals surface area (Å²) in [5.41, 5.74) is 4.66. The van der Waals surface area contributed by atoms with Crippen LogP contribution in [-0.2, 0) is 4.79 Å². The van der Waals surface area contributed by atoms with E-state index in [9.17, 15) is 9.59 Å². The van der Waals surface area contributed by atoms with E-state index in [4.69, 9.17) is 0 Å². The minimum atomic E-state index is -0.539. The lowest BCUT2D eigenvalue weighted by Gasteiger charge is -1.96. The molecule has 0 spiro atoms. The number of hydrogen-bond donors (Lipinski definition) is 2. The first-order valence-corrected chi connectivity index (χ1v) is 3.17. The smallest absolute Gasteiger partial charge is 0.308 e. The molecule has 1 aromatic heterocycles. The van der Waals surface area contributed by atoms with E-state index in [1.165, 1.54) is 6.07 Å². The van der Waals surface area contributed by atoms with Crippen molar-refractivity contribution in [1.29, 1.82) is 0 Å². The van der Waals surface area contributed by atoms with Gasteiger partial charge in [0.05, 0.1) is 5.69 Å². The summed E-state index contributed by atoms with van der Waals surface area (Å²) in [5, 5.41) is 3.49. The number of nitrogens with zero attached hydrogens (tertiary/aromatic N) is 1. The molecule has 0 aliphatic rings. The zero-order chi connectivity index (χ0) is 8.97. The Hall–Kier alpha value is -1.85. The van der Waals surface area contributed by atoms with Gasteiger partial charge < -0.3 is 4.52 Å². The summed E-state index contributed by atoms with van der Waals surface area (Å²) in [6, 6.07) is 1.46. The van der Waals surface area contributed by atoms with E-state index >= 15 is 0 Å². The second kappa shape index (κ2) is 3.51. The van der Waals surface area contributed by atoms with E-state index in [1.807, 2.05) is 5.43 Å². The molecule has 0 aromatic carbocycles. The standard InChI is InChI=1S/C6H7N3O3/c1-4-2-5(12-9-4)6(11)8-7-3-10/h2-3H,1H3,(H,7,10)(H,8,11). The highest BCUT2D eigenvalue weighted by Gasteiger charge is 2.09. The predicted octanol–water partition coefficient (Wildman–Crippen LogP) is -0.626. The van der Waals surface area contributed by atoms with E-state index in [2.05, 4.69) is 15.1 Å². The van der Waals surface area contributed by atoms with Gasteiger partial charge in [0.2, 0.25) is 12.2 Å². The molecule has 64 valence electrons. The first kappa shape index (κ1) is 8.25. The molecule has 0 aliphatic carbocycles. The fourth-order valence-corrected chi connectivity index (χ4v) is 0.627. The molecule has 1 heterocycles. The van der Waals surface area contributed by atoms with Crippen LogP contribution >= 0.6 is 0 Å². The Bertz CT molecular complexity index is 294. The second-order valence-corrected chi connectivity index (χ2v) is 2.05. The lowest BCUT2D eigenvalue weighted by atomic mass is 10.4. The Morgan fingerprint density at radius 1 is 1.75 bits per heavy atom. The maximum Gasteiger partial charge on any atom is 0.308 e. The van der Waals surface area contributed by atoms with Gasteiger partial charge in [0.15, 0.2) is 0 Å². The van der Waals surface area contributed by atoms with E-state index in [-0.39, 0.29) is 5.76 Å². The lowest BCUT2D eigenvalue weighted by molar-refractivity contribution is -0.110. The summed E-state index contributed by atoms with van der Waals surface area (Å²) in [6.45, 7) is 1.69. The molecule has 0 fully saturated rings. The van der Waals surface area contributed by atoms with Crippen LogP contribution in [0.15, 0.2) is 10.6 Å². The van der Waals surface area contributed by atoms with Gasteiger partial charge in [0.1, 0.15) is 0 Å². The molecule has 0 atom stereocenters. The highest BCUT2D eigenvalue weighted by molar-refractivity contribution is 5.91. The Morgan fingerprint density at radius 2 is 2.50 bits per heavy atom. The fourth-order valence-electron chi connectivity index (χ4n) is 0.627. The highest BCUT2D eigenvalue weighted by Crippen LogP contribution is 2.00. The van der Waals surface area contributed by atoms with Gasteiger partial charge >= 0.3 is 5.91 Å². The van der Waals surface area contributed by atoms with Crippen molar-refractivity contribution in [3.05, 3.63) is 17.5 Å². The van der Waals surface area contributed by atoms with Crippen LogP contribution in [0.4, 0.5) is 0 Å². The number of rotatable bonds is 3. The maximum atomic E-state index is 11.0. The van der Waals surface area contributed by atoms with Crippen LogP contribution in [-0.4, -0.2) is 17.5 Å². The molecule has 1 rings (SSSR count). The van der Waals surface area contributed by atoms with Gasteiger partial charge in [0.25, 0.3) is 0 Å². The van der Waals surface area contributed by atoms with E-state index in [0.29, 0.717) is 12.1 Å². The van der Waals surface area contributed by atoms with Crippen LogP contribution in [0.1, 0.15) is 16.2 Å². The quantitative estimate of drug-likeness (QED) is 0.466. The molecule has 6 heteroatoms. The summed E-state index contributed by atoms with van der Waals surface area (Å²) in [5.74, 6) is -0.482. The highest BCUT2D eigenvalue weighted by atomic mass is 16.5. The van der Waals surface area contributed by atoms with Crippen molar-refractivity contribution < 1.29 is 14.1 Å². The molecular formula is C6H7N3O3. The van der Waals surface area contributed by atoms with Crippen LogP contribution < -0.4 is 10.9 Å². The van der Waals surface area contributed by atoms with E-state index in [1.54, 1.807) is 6.92 Å². The molecule has 0 unspecified atom stereocenters. The number of aromatic nitrogens is 1. The number of amides is 2. The number of hydrogen-bond acceptors (Lipinski definition) is 4. The topological polar surface area (TPSA) is 84.2 Å². The molecule has 1 aromatic rings. The van der Waals surface area contributed by atoms with Crippen molar-refractivity contribution in [3.8, 4) is 0 Å². The molecule has 0 saturated carbocycles. The Labute approximate surface area is 67.9 Å². The number of hydrazine groups is 1. The zero-order valence-electron chi connectivity index (χ0n) is 6.33. The van der Waals surface area contributed by atoms with Crippen molar-refractivity contribution in [3.63, 3.8) is 0 Å². The number of nitrogens with one attached hydrogen (secondary N) is 2. The average molecular weight is 169 g/mol. The molecule has 0 radical (unpaired) electrons. The van der Waals surface area contributed by atoms with Gasteiger partial charge in [-0.1, -0.05) is 5.16 Å². The monoisotopic (exact) mass is 169 g/mol. The third kappa shape index (κ3) is 1.82. The number of aryl methyl sites for hydroxylation is 1. The molecule has 2 amide bonds. The summed E-state index contributed by atoms with van der Waals surface area (Å²) in [6.07, 6.45) is 0.348. The third-order valence-electron chi connectivity index (χ3n) is 1.10. The zero-order valence-corrected chi connectivity index (χ0v) is 6.33. The minimum Gasteiger partial charge on any atom is -0.351 e. The summed E-state index contributed by atoms with van der Waals surface area (Å²) in [4.78, 5) is 20.7. The summed E-state index contributed by atoms with van der Waals surface area (Å²) < 4.78 is 4.61. The van der Waals surface area contributed by atoms with Crippen molar-refractivity contribution in [2.75, 3.05) is 0 Å².